The fraction of sp³-hybridized carbons (Fsp3) is 0.917. The lowest BCUT2D eigenvalue weighted by Gasteiger charge is -2.42. The van der Waals surface area contributed by atoms with Crippen molar-refractivity contribution < 1.29 is 9.53 Å². The molecule has 1 rings (SSSR count). The lowest BCUT2D eigenvalue weighted by molar-refractivity contribution is 0.0452. The van der Waals surface area contributed by atoms with Crippen LogP contribution in [0.2, 0.25) is 0 Å². The minimum absolute atomic E-state index is 0.299. The minimum Gasteiger partial charge on any atom is -0.444 e. The van der Waals surface area contributed by atoms with Gasteiger partial charge in [-0.1, -0.05) is 13.8 Å². The Labute approximate surface area is 92.6 Å². The third-order valence-electron chi connectivity index (χ3n) is 2.62. The van der Waals surface area contributed by atoms with Crippen molar-refractivity contribution in [2.45, 2.75) is 53.1 Å². The summed E-state index contributed by atoms with van der Waals surface area (Å²) < 4.78 is 5.16. The third-order valence-corrected chi connectivity index (χ3v) is 2.62. The normalized spacial score (nSPS) is 20.6. The fourth-order valence-electron chi connectivity index (χ4n) is 2.19. The van der Waals surface area contributed by atoms with Crippen molar-refractivity contribution in [3.05, 3.63) is 0 Å². The number of alkyl carbamates (subject to hydrolysis) is 1. The van der Waals surface area contributed by atoms with E-state index >= 15 is 0 Å². The number of nitrogens with one attached hydrogen (secondary N) is 1. The van der Waals surface area contributed by atoms with E-state index in [-0.39, 0.29) is 6.09 Å². The molecule has 3 heteroatoms. The molecule has 1 saturated carbocycles. The summed E-state index contributed by atoms with van der Waals surface area (Å²) in [5.41, 5.74) is 0.0727. The first-order chi connectivity index (χ1) is 6.68. The molecule has 0 radical (unpaired) electrons. The average molecular weight is 213 g/mol. The molecule has 1 N–H and O–H groups in total. The predicted molar refractivity (Wildman–Crippen MR) is 60.7 cm³/mol. The number of hydrogen-bond donors (Lipinski definition) is 1. The molecule has 1 aliphatic carbocycles. The van der Waals surface area contributed by atoms with E-state index in [0.29, 0.717) is 11.3 Å². The maximum Gasteiger partial charge on any atom is 0.407 e. The molecule has 1 aliphatic rings. The van der Waals surface area contributed by atoms with Crippen LogP contribution in [0.25, 0.3) is 0 Å². The summed E-state index contributed by atoms with van der Waals surface area (Å²) in [6.45, 7) is 10.9. The molecule has 0 aromatic carbocycles. The molecule has 0 spiro atoms. The van der Waals surface area contributed by atoms with Crippen LogP contribution in [0.4, 0.5) is 4.79 Å². The SMILES string of the molecule is CC1(C)CC(CNC(=O)OC(C)(C)C)C1. The van der Waals surface area contributed by atoms with Crippen molar-refractivity contribution in [1.82, 2.24) is 5.32 Å². The maximum absolute atomic E-state index is 11.3. The van der Waals surface area contributed by atoms with Gasteiger partial charge in [-0.3, -0.25) is 0 Å². The molecule has 0 saturated heterocycles. The molecule has 1 amide bonds. The molecule has 15 heavy (non-hydrogen) atoms. The van der Waals surface area contributed by atoms with Crippen LogP contribution in [0.15, 0.2) is 0 Å². The van der Waals surface area contributed by atoms with Gasteiger partial charge < -0.3 is 10.1 Å². The minimum atomic E-state index is -0.400. The Morgan fingerprint density at radius 1 is 1.40 bits per heavy atom. The number of hydrogen-bond acceptors (Lipinski definition) is 2. The Morgan fingerprint density at radius 3 is 2.33 bits per heavy atom. The molecule has 3 nitrogen and oxygen atoms in total. The van der Waals surface area contributed by atoms with Crippen LogP contribution in [-0.2, 0) is 4.74 Å². The smallest absolute Gasteiger partial charge is 0.407 e. The van der Waals surface area contributed by atoms with Crippen LogP contribution >= 0.6 is 0 Å². The topological polar surface area (TPSA) is 38.3 Å². The Morgan fingerprint density at radius 2 is 1.93 bits per heavy atom. The van der Waals surface area contributed by atoms with Crippen molar-refractivity contribution in [1.29, 1.82) is 0 Å². The zero-order valence-corrected chi connectivity index (χ0v) is 10.5. The molecular weight excluding hydrogens is 190 g/mol. The molecule has 0 bridgehead atoms. The van der Waals surface area contributed by atoms with E-state index in [9.17, 15) is 4.79 Å². The summed E-state index contributed by atoms with van der Waals surface area (Å²) in [5.74, 6) is 0.632. The molecular formula is C12H23NO2. The predicted octanol–water partition coefficient (Wildman–Crippen LogP) is 2.95. The Hall–Kier alpha value is -0.730. The van der Waals surface area contributed by atoms with Crippen molar-refractivity contribution in [2.75, 3.05) is 6.54 Å². The number of carbonyl (C=O) groups excluding carboxylic acids is 1. The van der Waals surface area contributed by atoms with E-state index in [1.807, 2.05) is 20.8 Å². The summed E-state index contributed by atoms with van der Waals surface area (Å²) in [6.07, 6.45) is 2.10. The Balaban J connectivity index is 2.14. The molecule has 0 aromatic heterocycles. The first-order valence-corrected chi connectivity index (χ1v) is 5.65. The first kappa shape index (κ1) is 12.3. The molecule has 0 atom stereocenters. The summed E-state index contributed by atoms with van der Waals surface area (Å²) in [6, 6.07) is 0. The summed E-state index contributed by atoms with van der Waals surface area (Å²) in [7, 11) is 0. The highest BCUT2D eigenvalue weighted by Gasteiger charge is 2.35. The Kier molecular flexibility index (Phi) is 3.31. The van der Waals surface area contributed by atoms with Crippen LogP contribution < -0.4 is 5.32 Å². The van der Waals surface area contributed by atoms with Crippen molar-refractivity contribution in [2.24, 2.45) is 11.3 Å². The van der Waals surface area contributed by atoms with Gasteiger partial charge in [-0.25, -0.2) is 4.79 Å². The number of rotatable bonds is 2. The van der Waals surface area contributed by atoms with E-state index in [1.165, 1.54) is 12.8 Å². The second-order valence-electron chi connectivity index (χ2n) is 6.32. The number of carbonyl (C=O) groups is 1. The van der Waals surface area contributed by atoms with Gasteiger partial charge in [0, 0.05) is 6.54 Å². The second-order valence-corrected chi connectivity index (χ2v) is 6.32. The van der Waals surface area contributed by atoms with Gasteiger partial charge in [0.1, 0.15) is 5.60 Å². The zero-order valence-electron chi connectivity index (χ0n) is 10.5. The fourth-order valence-corrected chi connectivity index (χ4v) is 2.19. The largest absolute Gasteiger partial charge is 0.444 e. The van der Waals surface area contributed by atoms with Gasteiger partial charge in [0.05, 0.1) is 0 Å². The average Bonchev–Trinajstić information content (AvgIpc) is 1.93. The quantitative estimate of drug-likeness (QED) is 0.766. The molecule has 0 unspecified atom stereocenters. The van der Waals surface area contributed by atoms with Gasteiger partial charge in [0.25, 0.3) is 0 Å². The zero-order chi connectivity index (χ0) is 11.7. The van der Waals surface area contributed by atoms with E-state index in [2.05, 4.69) is 19.2 Å². The summed E-state index contributed by atoms with van der Waals surface area (Å²) in [4.78, 5) is 11.3. The highest BCUT2D eigenvalue weighted by Crippen LogP contribution is 2.44. The first-order valence-electron chi connectivity index (χ1n) is 5.65. The van der Waals surface area contributed by atoms with Crippen molar-refractivity contribution >= 4 is 6.09 Å². The van der Waals surface area contributed by atoms with Crippen LogP contribution in [0.5, 0.6) is 0 Å². The van der Waals surface area contributed by atoms with Gasteiger partial charge in [0.2, 0.25) is 0 Å². The van der Waals surface area contributed by atoms with Gasteiger partial charge in [-0.05, 0) is 44.9 Å². The standard InChI is InChI=1S/C12H23NO2/c1-11(2,3)15-10(14)13-8-9-6-12(4,5)7-9/h9H,6-8H2,1-5H3,(H,13,14). The van der Waals surface area contributed by atoms with E-state index < -0.39 is 5.60 Å². The third kappa shape index (κ3) is 4.54. The summed E-state index contributed by atoms with van der Waals surface area (Å²) in [5, 5.41) is 2.82. The van der Waals surface area contributed by atoms with Crippen molar-refractivity contribution in [3.8, 4) is 0 Å². The van der Waals surface area contributed by atoms with Gasteiger partial charge >= 0.3 is 6.09 Å². The summed E-state index contributed by atoms with van der Waals surface area (Å²) >= 11 is 0. The molecule has 0 aliphatic heterocycles. The van der Waals surface area contributed by atoms with E-state index in [1.54, 1.807) is 0 Å². The highest BCUT2D eigenvalue weighted by atomic mass is 16.6. The van der Waals surface area contributed by atoms with Crippen LogP contribution in [0.3, 0.4) is 0 Å². The molecule has 88 valence electrons. The van der Waals surface area contributed by atoms with Crippen LogP contribution in [0.1, 0.15) is 47.5 Å². The van der Waals surface area contributed by atoms with Crippen LogP contribution in [-0.4, -0.2) is 18.2 Å². The molecule has 0 aromatic rings. The van der Waals surface area contributed by atoms with E-state index in [4.69, 9.17) is 4.74 Å². The lowest BCUT2D eigenvalue weighted by atomic mass is 9.64. The lowest BCUT2D eigenvalue weighted by Crippen LogP contribution is -2.41. The molecule has 0 heterocycles. The number of amides is 1. The van der Waals surface area contributed by atoms with Gasteiger partial charge in [0.15, 0.2) is 0 Å². The number of ether oxygens (including phenoxy) is 1. The highest BCUT2D eigenvalue weighted by molar-refractivity contribution is 5.67. The van der Waals surface area contributed by atoms with Gasteiger partial charge in [-0.2, -0.15) is 0 Å². The van der Waals surface area contributed by atoms with Gasteiger partial charge in [-0.15, -0.1) is 0 Å². The monoisotopic (exact) mass is 213 g/mol. The maximum atomic E-state index is 11.3. The Bertz CT molecular complexity index is 232. The second kappa shape index (κ2) is 4.03. The molecule has 1 fully saturated rings. The van der Waals surface area contributed by atoms with Crippen LogP contribution in [0, 0.1) is 11.3 Å². The van der Waals surface area contributed by atoms with Crippen molar-refractivity contribution in [3.63, 3.8) is 0 Å². The van der Waals surface area contributed by atoms with E-state index in [0.717, 1.165) is 6.54 Å².